The van der Waals surface area contributed by atoms with Gasteiger partial charge in [-0.05, 0) is 46.0 Å². The van der Waals surface area contributed by atoms with Crippen LogP contribution in [0.5, 0.6) is 0 Å². The smallest absolute Gasteiger partial charge is 0.0951 e. The quantitative estimate of drug-likeness (QED) is 0.627. The summed E-state index contributed by atoms with van der Waals surface area (Å²) in [5, 5.41) is 4.57. The summed E-state index contributed by atoms with van der Waals surface area (Å²) in [5.74, 6) is 0. The normalized spacial score (nSPS) is 11.4. The molecule has 0 amide bonds. The summed E-state index contributed by atoms with van der Waals surface area (Å²) in [7, 11) is 2.16. The Labute approximate surface area is 121 Å². The summed E-state index contributed by atoms with van der Waals surface area (Å²) < 4.78 is 0. The van der Waals surface area contributed by atoms with Crippen molar-refractivity contribution >= 4 is 22.3 Å². The highest BCUT2D eigenvalue weighted by molar-refractivity contribution is 5.97. The molecule has 0 fully saturated rings. The standard InChI is InChI=1S/C16H24N4/c1-12(2)20(3)11-5-9-18-15-8-10-19-16-13(15)6-4-7-14(16)17/h4,6-8,10,12H,5,9,11,17H2,1-3H3,(H,18,19). The van der Waals surface area contributed by atoms with Gasteiger partial charge in [0, 0.05) is 29.9 Å². The SMILES string of the molecule is CC(C)N(C)CCCNc1ccnc2c(N)cccc12. The monoisotopic (exact) mass is 272 g/mol. The van der Waals surface area contributed by atoms with Crippen molar-refractivity contribution in [2.75, 3.05) is 31.2 Å². The van der Waals surface area contributed by atoms with Crippen molar-refractivity contribution in [2.45, 2.75) is 26.3 Å². The number of hydrogen-bond acceptors (Lipinski definition) is 4. The number of nitrogens with two attached hydrogens (primary N) is 1. The Hall–Kier alpha value is -1.81. The van der Waals surface area contributed by atoms with Gasteiger partial charge in [-0.25, -0.2) is 0 Å². The maximum atomic E-state index is 5.96. The van der Waals surface area contributed by atoms with Crippen LogP contribution in [0.25, 0.3) is 10.9 Å². The Morgan fingerprint density at radius 1 is 1.30 bits per heavy atom. The molecule has 1 heterocycles. The number of benzene rings is 1. The van der Waals surface area contributed by atoms with Crippen molar-refractivity contribution in [3.05, 3.63) is 30.5 Å². The number of nitrogen functional groups attached to an aromatic ring is 1. The molecule has 108 valence electrons. The fourth-order valence-electron chi connectivity index (χ4n) is 2.16. The summed E-state index contributed by atoms with van der Waals surface area (Å²) in [4.78, 5) is 6.70. The van der Waals surface area contributed by atoms with Crippen LogP contribution in [-0.2, 0) is 0 Å². The molecule has 4 nitrogen and oxygen atoms in total. The summed E-state index contributed by atoms with van der Waals surface area (Å²) in [5.41, 5.74) is 8.66. The first-order valence-electron chi connectivity index (χ1n) is 7.17. The van der Waals surface area contributed by atoms with Gasteiger partial charge in [0.1, 0.15) is 0 Å². The summed E-state index contributed by atoms with van der Waals surface area (Å²) >= 11 is 0. The van der Waals surface area contributed by atoms with E-state index in [1.54, 1.807) is 6.20 Å². The van der Waals surface area contributed by atoms with E-state index in [-0.39, 0.29) is 0 Å². The minimum atomic E-state index is 0.594. The Kier molecular flexibility index (Phi) is 4.79. The van der Waals surface area contributed by atoms with Gasteiger partial charge in [-0.15, -0.1) is 0 Å². The molecule has 20 heavy (non-hydrogen) atoms. The molecule has 0 atom stereocenters. The van der Waals surface area contributed by atoms with Gasteiger partial charge in [0.15, 0.2) is 0 Å². The topological polar surface area (TPSA) is 54.2 Å². The summed E-state index contributed by atoms with van der Waals surface area (Å²) in [6, 6.07) is 8.51. The van der Waals surface area contributed by atoms with E-state index in [1.807, 2.05) is 18.2 Å². The highest BCUT2D eigenvalue weighted by atomic mass is 15.1. The highest BCUT2D eigenvalue weighted by Gasteiger charge is 2.05. The molecular weight excluding hydrogens is 248 g/mol. The van der Waals surface area contributed by atoms with E-state index in [1.165, 1.54) is 0 Å². The minimum absolute atomic E-state index is 0.594. The van der Waals surface area contributed by atoms with E-state index in [2.05, 4.69) is 42.2 Å². The number of pyridine rings is 1. The molecular formula is C16H24N4. The fraction of sp³-hybridized carbons (Fsp3) is 0.438. The maximum Gasteiger partial charge on any atom is 0.0951 e. The Morgan fingerprint density at radius 2 is 2.10 bits per heavy atom. The molecule has 0 unspecified atom stereocenters. The lowest BCUT2D eigenvalue weighted by Gasteiger charge is -2.21. The number of fused-ring (bicyclic) bond motifs is 1. The fourth-order valence-corrected chi connectivity index (χ4v) is 2.16. The van der Waals surface area contributed by atoms with Crippen LogP contribution in [0.2, 0.25) is 0 Å². The van der Waals surface area contributed by atoms with E-state index in [4.69, 9.17) is 5.73 Å². The molecule has 2 aromatic rings. The second-order valence-electron chi connectivity index (χ2n) is 5.46. The second-order valence-corrected chi connectivity index (χ2v) is 5.46. The van der Waals surface area contributed by atoms with Gasteiger partial charge in [-0.2, -0.15) is 0 Å². The third-order valence-electron chi connectivity index (χ3n) is 3.69. The number of para-hydroxylation sites is 1. The molecule has 0 aliphatic heterocycles. The predicted octanol–water partition coefficient (Wildman–Crippen LogP) is 2.96. The molecule has 0 radical (unpaired) electrons. The number of aromatic nitrogens is 1. The van der Waals surface area contributed by atoms with Crippen LogP contribution < -0.4 is 11.1 Å². The number of nitrogens with one attached hydrogen (secondary N) is 1. The molecule has 3 N–H and O–H groups in total. The highest BCUT2D eigenvalue weighted by Crippen LogP contribution is 2.25. The van der Waals surface area contributed by atoms with Gasteiger partial charge in [-0.3, -0.25) is 4.98 Å². The van der Waals surface area contributed by atoms with Gasteiger partial charge in [0.2, 0.25) is 0 Å². The third kappa shape index (κ3) is 3.39. The van der Waals surface area contributed by atoms with Crippen LogP contribution in [0, 0.1) is 0 Å². The third-order valence-corrected chi connectivity index (χ3v) is 3.69. The first kappa shape index (κ1) is 14.6. The van der Waals surface area contributed by atoms with Gasteiger partial charge in [-0.1, -0.05) is 12.1 Å². The number of nitrogens with zero attached hydrogens (tertiary/aromatic N) is 2. The van der Waals surface area contributed by atoms with Crippen LogP contribution in [0.15, 0.2) is 30.5 Å². The molecule has 0 bridgehead atoms. The first-order valence-corrected chi connectivity index (χ1v) is 7.17. The lowest BCUT2D eigenvalue weighted by Crippen LogP contribution is -2.28. The zero-order chi connectivity index (χ0) is 14.5. The molecule has 2 rings (SSSR count). The van der Waals surface area contributed by atoms with E-state index in [0.717, 1.165) is 41.8 Å². The zero-order valence-corrected chi connectivity index (χ0v) is 12.6. The van der Waals surface area contributed by atoms with E-state index in [9.17, 15) is 0 Å². The Balaban J connectivity index is 1.99. The summed E-state index contributed by atoms with van der Waals surface area (Å²) in [6.45, 7) is 6.47. The molecule has 1 aromatic carbocycles. The first-order chi connectivity index (χ1) is 9.59. The second kappa shape index (κ2) is 6.57. The van der Waals surface area contributed by atoms with Crippen molar-refractivity contribution in [3.63, 3.8) is 0 Å². The number of anilines is 2. The van der Waals surface area contributed by atoms with Gasteiger partial charge < -0.3 is 16.0 Å². The van der Waals surface area contributed by atoms with Crippen molar-refractivity contribution in [1.82, 2.24) is 9.88 Å². The van der Waals surface area contributed by atoms with E-state index < -0.39 is 0 Å². The van der Waals surface area contributed by atoms with Crippen molar-refractivity contribution < 1.29 is 0 Å². The van der Waals surface area contributed by atoms with Crippen LogP contribution in [0.4, 0.5) is 11.4 Å². The number of rotatable bonds is 6. The molecule has 1 aromatic heterocycles. The minimum Gasteiger partial charge on any atom is -0.397 e. The van der Waals surface area contributed by atoms with Gasteiger partial charge in [0.25, 0.3) is 0 Å². The molecule has 0 saturated carbocycles. The van der Waals surface area contributed by atoms with Crippen LogP contribution in [0.1, 0.15) is 20.3 Å². The van der Waals surface area contributed by atoms with Crippen molar-refractivity contribution in [1.29, 1.82) is 0 Å². The van der Waals surface area contributed by atoms with E-state index >= 15 is 0 Å². The molecule has 0 spiro atoms. The van der Waals surface area contributed by atoms with Gasteiger partial charge >= 0.3 is 0 Å². The van der Waals surface area contributed by atoms with Crippen molar-refractivity contribution in [2.24, 2.45) is 0 Å². The average Bonchev–Trinajstić information content (AvgIpc) is 2.44. The largest absolute Gasteiger partial charge is 0.397 e. The molecule has 0 saturated heterocycles. The Bertz CT molecular complexity index is 565. The van der Waals surface area contributed by atoms with Crippen LogP contribution >= 0.6 is 0 Å². The van der Waals surface area contributed by atoms with E-state index in [0.29, 0.717) is 6.04 Å². The van der Waals surface area contributed by atoms with Gasteiger partial charge in [0.05, 0.1) is 11.2 Å². The Morgan fingerprint density at radius 3 is 2.85 bits per heavy atom. The molecule has 0 aliphatic rings. The zero-order valence-electron chi connectivity index (χ0n) is 12.6. The lowest BCUT2D eigenvalue weighted by atomic mass is 10.1. The number of hydrogen-bond donors (Lipinski definition) is 2. The van der Waals surface area contributed by atoms with Crippen LogP contribution in [0.3, 0.4) is 0 Å². The molecule has 4 heteroatoms. The lowest BCUT2D eigenvalue weighted by molar-refractivity contribution is 0.273. The van der Waals surface area contributed by atoms with Crippen molar-refractivity contribution in [3.8, 4) is 0 Å². The summed E-state index contributed by atoms with van der Waals surface area (Å²) in [6.07, 6.45) is 2.92. The molecule has 0 aliphatic carbocycles. The maximum absolute atomic E-state index is 5.96. The van der Waals surface area contributed by atoms with Crippen LogP contribution in [-0.4, -0.2) is 36.1 Å². The average molecular weight is 272 g/mol. The predicted molar refractivity (Wildman–Crippen MR) is 87.0 cm³/mol.